The fraction of sp³-hybridized carbons (Fsp3) is 0.417. The van der Waals surface area contributed by atoms with Crippen LogP contribution >= 0.6 is 11.6 Å². The predicted octanol–water partition coefficient (Wildman–Crippen LogP) is 2.80. The molecule has 88 valence electrons. The van der Waals surface area contributed by atoms with E-state index < -0.39 is 5.54 Å². The van der Waals surface area contributed by atoms with Gasteiger partial charge in [0.25, 0.3) is 0 Å². The van der Waals surface area contributed by atoms with Gasteiger partial charge in [-0.05, 0) is 31.0 Å². The molecule has 0 fully saturated rings. The number of carbonyl (C=O) groups is 1. The molecule has 16 heavy (non-hydrogen) atoms. The summed E-state index contributed by atoms with van der Waals surface area (Å²) in [5.74, 6) is -0.336. The summed E-state index contributed by atoms with van der Waals surface area (Å²) in [4.78, 5) is 11.5. The molecule has 0 bridgehead atoms. The lowest BCUT2D eigenvalue weighted by molar-refractivity contribution is -0.122. The molecule has 1 aromatic rings. The molecule has 3 nitrogen and oxygen atoms in total. The molecule has 3 N–H and O–H groups in total. The van der Waals surface area contributed by atoms with Crippen LogP contribution in [0.5, 0.6) is 0 Å². The summed E-state index contributed by atoms with van der Waals surface area (Å²) < 4.78 is 0. The van der Waals surface area contributed by atoms with Crippen molar-refractivity contribution in [2.75, 3.05) is 5.32 Å². The SMILES string of the molecule is CCC(CC)(Nc1cccc(Cl)c1)C(N)=O. The van der Waals surface area contributed by atoms with E-state index in [1.54, 1.807) is 12.1 Å². The van der Waals surface area contributed by atoms with E-state index in [1.807, 2.05) is 26.0 Å². The van der Waals surface area contributed by atoms with Gasteiger partial charge in [-0.15, -0.1) is 0 Å². The van der Waals surface area contributed by atoms with Gasteiger partial charge in [-0.3, -0.25) is 4.79 Å². The number of carbonyl (C=O) groups excluding carboxylic acids is 1. The van der Waals surface area contributed by atoms with Crippen molar-refractivity contribution in [2.45, 2.75) is 32.2 Å². The molecular weight excluding hydrogens is 224 g/mol. The molecule has 0 radical (unpaired) electrons. The van der Waals surface area contributed by atoms with Crippen molar-refractivity contribution in [2.24, 2.45) is 5.73 Å². The first-order chi connectivity index (χ1) is 7.54. The lowest BCUT2D eigenvalue weighted by Crippen LogP contribution is -2.49. The average molecular weight is 241 g/mol. The quantitative estimate of drug-likeness (QED) is 0.832. The van der Waals surface area contributed by atoms with Crippen LogP contribution in [0.15, 0.2) is 24.3 Å². The van der Waals surface area contributed by atoms with Crippen LogP contribution in [0, 0.1) is 0 Å². The maximum atomic E-state index is 11.5. The lowest BCUT2D eigenvalue weighted by atomic mass is 9.91. The third-order valence-electron chi connectivity index (χ3n) is 2.89. The molecule has 0 spiro atoms. The Hall–Kier alpha value is -1.22. The second-order valence-electron chi connectivity index (χ2n) is 3.79. The third kappa shape index (κ3) is 2.67. The maximum Gasteiger partial charge on any atom is 0.243 e. The molecule has 1 rings (SSSR count). The first-order valence-corrected chi connectivity index (χ1v) is 5.75. The minimum Gasteiger partial charge on any atom is -0.371 e. The van der Waals surface area contributed by atoms with Gasteiger partial charge >= 0.3 is 0 Å². The van der Waals surface area contributed by atoms with Crippen molar-refractivity contribution in [1.29, 1.82) is 0 Å². The molecule has 0 aromatic heterocycles. The van der Waals surface area contributed by atoms with Gasteiger partial charge in [-0.2, -0.15) is 0 Å². The zero-order valence-corrected chi connectivity index (χ0v) is 10.3. The number of hydrogen-bond donors (Lipinski definition) is 2. The minimum atomic E-state index is -0.690. The molecule has 1 aromatic carbocycles. The highest BCUT2D eigenvalue weighted by atomic mass is 35.5. The molecule has 0 unspecified atom stereocenters. The first-order valence-electron chi connectivity index (χ1n) is 5.37. The molecule has 0 aliphatic carbocycles. The molecular formula is C12H17ClN2O. The van der Waals surface area contributed by atoms with E-state index in [4.69, 9.17) is 17.3 Å². The first kappa shape index (κ1) is 12.8. The topological polar surface area (TPSA) is 55.1 Å². The Labute approximate surface area is 101 Å². The van der Waals surface area contributed by atoms with Crippen molar-refractivity contribution in [3.05, 3.63) is 29.3 Å². The highest BCUT2D eigenvalue weighted by Gasteiger charge is 2.32. The highest BCUT2D eigenvalue weighted by Crippen LogP contribution is 2.24. The molecule has 0 saturated heterocycles. The lowest BCUT2D eigenvalue weighted by Gasteiger charge is -2.30. The Morgan fingerprint density at radius 3 is 2.50 bits per heavy atom. The van der Waals surface area contributed by atoms with Gasteiger partial charge in [0, 0.05) is 10.7 Å². The van der Waals surface area contributed by atoms with E-state index >= 15 is 0 Å². The number of nitrogens with one attached hydrogen (secondary N) is 1. The Kier molecular flexibility index (Phi) is 4.19. The van der Waals surface area contributed by atoms with E-state index in [0.29, 0.717) is 17.9 Å². The second kappa shape index (κ2) is 5.21. The normalized spacial score (nSPS) is 11.2. The van der Waals surface area contributed by atoms with Crippen LogP contribution in [0.1, 0.15) is 26.7 Å². The average Bonchev–Trinajstić information content (AvgIpc) is 2.25. The summed E-state index contributed by atoms with van der Waals surface area (Å²) in [5.41, 5.74) is 5.57. The van der Waals surface area contributed by atoms with Crippen molar-refractivity contribution < 1.29 is 4.79 Å². The summed E-state index contributed by atoms with van der Waals surface area (Å²) in [6.07, 6.45) is 1.29. The van der Waals surface area contributed by atoms with Gasteiger partial charge in [0.15, 0.2) is 0 Å². The Bertz CT molecular complexity index is 375. The van der Waals surface area contributed by atoms with Gasteiger partial charge in [0.05, 0.1) is 0 Å². The van der Waals surface area contributed by atoms with Crippen LogP contribution in [0.4, 0.5) is 5.69 Å². The molecule has 1 amide bonds. The van der Waals surface area contributed by atoms with E-state index in [1.165, 1.54) is 0 Å². The largest absolute Gasteiger partial charge is 0.371 e. The van der Waals surface area contributed by atoms with Crippen LogP contribution in [-0.4, -0.2) is 11.4 Å². The summed E-state index contributed by atoms with van der Waals surface area (Å²) in [6.45, 7) is 3.87. The van der Waals surface area contributed by atoms with Crippen molar-refractivity contribution >= 4 is 23.2 Å². The Morgan fingerprint density at radius 2 is 2.06 bits per heavy atom. The maximum absolute atomic E-state index is 11.5. The van der Waals surface area contributed by atoms with Crippen LogP contribution in [0.25, 0.3) is 0 Å². The van der Waals surface area contributed by atoms with Crippen LogP contribution in [0.3, 0.4) is 0 Å². The van der Waals surface area contributed by atoms with Crippen molar-refractivity contribution in [1.82, 2.24) is 0 Å². The second-order valence-corrected chi connectivity index (χ2v) is 4.23. The Morgan fingerprint density at radius 1 is 1.44 bits per heavy atom. The number of hydrogen-bond acceptors (Lipinski definition) is 2. The smallest absolute Gasteiger partial charge is 0.243 e. The molecule has 0 aliphatic rings. The van der Waals surface area contributed by atoms with Crippen molar-refractivity contribution in [3.63, 3.8) is 0 Å². The van der Waals surface area contributed by atoms with Gasteiger partial charge in [0.1, 0.15) is 5.54 Å². The fourth-order valence-corrected chi connectivity index (χ4v) is 1.87. The molecule has 0 aliphatic heterocycles. The predicted molar refractivity (Wildman–Crippen MR) is 67.6 cm³/mol. The van der Waals surface area contributed by atoms with Gasteiger partial charge in [-0.25, -0.2) is 0 Å². The molecule has 0 saturated carbocycles. The minimum absolute atomic E-state index is 0.336. The van der Waals surface area contributed by atoms with E-state index in [0.717, 1.165) is 5.69 Å². The van der Waals surface area contributed by atoms with Crippen molar-refractivity contribution in [3.8, 4) is 0 Å². The fourth-order valence-electron chi connectivity index (χ4n) is 1.68. The third-order valence-corrected chi connectivity index (χ3v) is 3.12. The zero-order chi connectivity index (χ0) is 12.2. The van der Waals surface area contributed by atoms with E-state index in [-0.39, 0.29) is 5.91 Å². The van der Waals surface area contributed by atoms with Gasteiger partial charge in [-0.1, -0.05) is 31.5 Å². The highest BCUT2D eigenvalue weighted by molar-refractivity contribution is 6.30. The van der Waals surface area contributed by atoms with Gasteiger partial charge < -0.3 is 11.1 Å². The number of primary amides is 1. The standard InChI is InChI=1S/C12H17ClN2O/c1-3-12(4-2,11(14)16)15-10-7-5-6-9(13)8-10/h5-8,15H,3-4H2,1-2H3,(H2,14,16). The number of anilines is 1. The number of benzene rings is 1. The van der Waals surface area contributed by atoms with E-state index in [2.05, 4.69) is 5.32 Å². The summed E-state index contributed by atoms with van der Waals surface area (Å²) in [7, 11) is 0. The summed E-state index contributed by atoms with van der Waals surface area (Å²) in [6, 6.07) is 7.28. The Balaban J connectivity index is 2.96. The number of amides is 1. The number of rotatable bonds is 5. The zero-order valence-electron chi connectivity index (χ0n) is 9.59. The van der Waals surface area contributed by atoms with Gasteiger partial charge in [0.2, 0.25) is 5.91 Å². The number of halogens is 1. The summed E-state index contributed by atoms with van der Waals surface area (Å²) >= 11 is 5.88. The molecule has 0 heterocycles. The molecule has 4 heteroatoms. The summed E-state index contributed by atoms with van der Waals surface area (Å²) in [5, 5.41) is 3.81. The van der Waals surface area contributed by atoms with Crippen LogP contribution in [-0.2, 0) is 4.79 Å². The van der Waals surface area contributed by atoms with Crippen LogP contribution < -0.4 is 11.1 Å². The molecule has 0 atom stereocenters. The van der Waals surface area contributed by atoms with E-state index in [9.17, 15) is 4.79 Å². The number of nitrogens with two attached hydrogens (primary N) is 1. The van der Waals surface area contributed by atoms with Crippen LogP contribution in [0.2, 0.25) is 5.02 Å². The monoisotopic (exact) mass is 240 g/mol.